The Balaban J connectivity index is 1.73. The fourth-order valence-corrected chi connectivity index (χ4v) is 2.17. The van der Waals surface area contributed by atoms with E-state index in [1.165, 1.54) is 7.05 Å². The maximum Gasteiger partial charge on any atom is 0.282 e. The molecule has 3 aromatic heterocycles. The molecule has 0 aliphatic rings. The fraction of sp³-hybridized carbons (Fsp3) is 0.267. The second-order valence-corrected chi connectivity index (χ2v) is 5.27. The van der Waals surface area contributed by atoms with Gasteiger partial charge in [-0.15, -0.1) is 0 Å². The van der Waals surface area contributed by atoms with E-state index in [4.69, 9.17) is 4.52 Å². The van der Waals surface area contributed by atoms with Gasteiger partial charge in [0.15, 0.2) is 0 Å². The smallest absolute Gasteiger partial charge is 0.282 e. The molecule has 1 atom stereocenters. The fourth-order valence-electron chi connectivity index (χ4n) is 2.17. The van der Waals surface area contributed by atoms with Crippen molar-refractivity contribution in [1.29, 1.82) is 0 Å². The summed E-state index contributed by atoms with van der Waals surface area (Å²) < 4.78 is 31.6. The Hall–Kier alpha value is -3.17. The van der Waals surface area contributed by atoms with Crippen molar-refractivity contribution in [3.05, 3.63) is 47.9 Å². The Morgan fingerprint density at radius 1 is 1.32 bits per heavy atom. The van der Waals surface area contributed by atoms with Crippen LogP contribution in [0.25, 0.3) is 11.4 Å². The van der Waals surface area contributed by atoms with Crippen molar-refractivity contribution in [3.63, 3.8) is 0 Å². The topological polar surface area (TPSA) is 98.7 Å². The van der Waals surface area contributed by atoms with Gasteiger partial charge in [0.25, 0.3) is 12.3 Å². The maximum absolute atomic E-state index is 12.7. The van der Waals surface area contributed by atoms with Crippen LogP contribution in [0.4, 0.5) is 8.78 Å². The molecule has 0 radical (unpaired) electrons. The van der Waals surface area contributed by atoms with Crippen LogP contribution in [0.15, 0.2) is 35.1 Å². The van der Waals surface area contributed by atoms with Crippen molar-refractivity contribution < 1.29 is 18.1 Å². The molecule has 3 aromatic rings. The van der Waals surface area contributed by atoms with Crippen LogP contribution in [0.1, 0.15) is 41.5 Å². The van der Waals surface area contributed by atoms with Gasteiger partial charge in [-0.25, -0.2) is 8.78 Å². The first-order chi connectivity index (χ1) is 12.0. The first-order valence-corrected chi connectivity index (χ1v) is 7.32. The summed E-state index contributed by atoms with van der Waals surface area (Å²) in [5.74, 6) is -0.0199. The summed E-state index contributed by atoms with van der Waals surface area (Å²) in [6.45, 7) is 1.64. The Labute approximate surface area is 140 Å². The quantitative estimate of drug-likeness (QED) is 0.759. The summed E-state index contributed by atoms with van der Waals surface area (Å²) in [6, 6.07) is 3.88. The molecule has 0 aliphatic heterocycles. The second kappa shape index (κ2) is 6.75. The maximum atomic E-state index is 12.7. The summed E-state index contributed by atoms with van der Waals surface area (Å²) >= 11 is 0. The molecular weight excluding hydrogens is 334 g/mol. The number of nitrogens with zero attached hydrogens (tertiary/aromatic N) is 5. The molecule has 0 spiro atoms. The Morgan fingerprint density at radius 2 is 2.04 bits per heavy atom. The number of aromatic nitrogens is 5. The Kier molecular flexibility index (Phi) is 4.50. The molecule has 0 aliphatic carbocycles. The van der Waals surface area contributed by atoms with Crippen molar-refractivity contribution in [2.45, 2.75) is 19.4 Å². The minimum absolute atomic E-state index is 0.0102. The van der Waals surface area contributed by atoms with E-state index >= 15 is 0 Å². The number of alkyl halides is 2. The Morgan fingerprint density at radius 3 is 2.68 bits per heavy atom. The standard InChI is InChI=1S/C15H14F2N6O2/c1-8(15-20-13(22-25-15)9-3-5-18-6-4-9)19-14(24)11-7-10(12(16)17)21-23(11)2/h3-8,12H,1-2H3,(H,19,24)/t8-/m1/s1. The minimum Gasteiger partial charge on any atom is -0.339 e. The lowest BCUT2D eigenvalue weighted by molar-refractivity contribution is 0.0923. The van der Waals surface area contributed by atoms with Gasteiger partial charge in [0.05, 0.1) is 0 Å². The molecular formula is C15H14F2N6O2. The van der Waals surface area contributed by atoms with Crippen LogP contribution in [-0.4, -0.2) is 30.8 Å². The molecule has 0 fully saturated rings. The van der Waals surface area contributed by atoms with E-state index in [-0.39, 0.29) is 11.6 Å². The molecule has 3 rings (SSSR count). The minimum atomic E-state index is -2.75. The van der Waals surface area contributed by atoms with Crippen molar-refractivity contribution >= 4 is 5.91 Å². The van der Waals surface area contributed by atoms with E-state index in [1.54, 1.807) is 31.5 Å². The lowest BCUT2D eigenvalue weighted by Crippen LogP contribution is -2.28. The molecule has 8 nitrogen and oxygen atoms in total. The van der Waals surface area contributed by atoms with Crippen LogP contribution in [0.5, 0.6) is 0 Å². The first kappa shape index (κ1) is 16.7. The number of amides is 1. The van der Waals surface area contributed by atoms with Gasteiger partial charge < -0.3 is 9.84 Å². The van der Waals surface area contributed by atoms with Crippen LogP contribution < -0.4 is 5.32 Å². The Bertz CT molecular complexity index is 877. The van der Waals surface area contributed by atoms with Crippen molar-refractivity contribution in [3.8, 4) is 11.4 Å². The van der Waals surface area contributed by atoms with Gasteiger partial charge >= 0.3 is 0 Å². The average molecular weight is 348 g/mol. The second-order valence-electron chi connectivity index (χ2n) is 5.27. The van der Waals surface area contributed by atoms with Gasteiger partial charge in [-0.3, -0.25) is 14.5 Å². The third kappa shape index (κ3) is 3.52. The summed E-state index contributed by atoms with van der Waals surface area (Å²) in [5.41, 5.74) is 0.269. The zero-order chi connectivity index (χ0) is 18.0. The predicted octanol–water partition coefficient (Wildman–Crippen LogP) is 2.29. The summed E-state index contributed by atoms with van der Waals surface area (Å²) in [5, 5.41) is 10.1. The van der Waals surface area contributed by atoms with E-state index in [0.29, 0.717) is 5.82 Å². The molecule has 1 amide bonds. The van der Waals surface area contributed by atoms with Gasteiger partial charge in [-0.2, -0.15) is 10.1 Å². The zero-order valence-corrected chi connectivity index (χ0v) is 13.3. The number of hydrogen-bond donors (Lipinski definition) is 1. The molecule has 10 heteroatoms. The monoisotopic (exact) mass is 348 g/mol. The number of halogens is 2. The van der Waals surface area contributed by atoms with Crippen LogP contribution in [0.2, 0.25) is 0 Å². The molecule has 130 valence electrons. The number of aryl methyl sites for hydroxylation is 1. The molecule has 1 N–H and O–H groups in total. The predicted molar refractivity (Wildman–Crippen MR) is 81.6 cm³/mol. The number of nitrogens with one attached hydrogen (secondary N) is 1. The molecule has 0 bridgehead atoms. The lowest BCUT2D eigenvalue weighted by Gasteiger charge is -2.09. The van der Waals surface area contributed by atoms with E-state index < -0.39 is 24.1 Å². The van der Waals surface area contributed by atoms with Gasteiger partial charge in [0.1, 0.15) is 17.4 Å². The van der Waals surface area contributed by atoms with E-state index in [2.05, 4.69) is 25.5 Å². The number of pyridine rings is 1. The van der Waals surface area contributed by atoms with E-state index in [9.17, 15) is 13.6 Å². The third-order valence-electron chi connectivity index (χ3n) is 3.45. The normalized spacial score (nSPS) is 12.4. The van der Waals surface area contributed by atoms with Gasteiger partial charge in [0, 0.05) is 25.0 Å². The van der Waals surface area contributed by atoms with Crippen molar-refractivity contribution in [2.75, 3.05) is 0 Å². The number of carbonyl (C=O) groups excluding carboxylic acids is 1. The van der Waals surface area contributed by atoms with Crippen molar-refractivity contribution in [2.24, 2.45) is 7.05 Å². The van der Waals surface area contributed by atoms with Gasteiger partial charge in [0.2, 0.25) is 11.7 Å². The summed E-state index contributed by atoms with van der Waals surface area (Å²) in [4.78, 5) is 20.4. The SMILES string of the molecule is C[C@@H](NC(=O)c1cc(C(F)F)nn1C)c1nc(-c2ccncc2)no1. The lowest BCUT2D eigenvalue weighted by atomic mass is 10.2. The van der Waals surface area contributed by atoms with Crippen LogP contribution >= 0.6 is 0 Å². The van der Waals surface area contributed by atoms with Crippen molar-refractivity contribution in [1.82, 2.24) is 30.2 Å². The highest BCUT2D eigenvalue weighted by atomic mass is 19.3. The number of hydrogen-bond acceptors (Lipinski definition) is 6. The highest BCUT2D eigenvalue weighted by Gasteiger charge is 2.22. The highest BCUT2D eigenvalue weighted by Crippen LogP contribution is 2.20. The molecule has 0 unspecified atom stereocenters. The van der Waals surface area contributed by atoms with Gasteiger partial charge in [-0.05, 0) is 25.1 Å². The summed E-state index contributed by atoms with van der Waals surface area (Å²) in [6.07, 6.45) is 0.447. The third-order valence-corrected chi connectivity index (χ3v) is 3.45. The van der Waals surface area contributed by atoms with Gasteiger partial charge in [-0.1, -0.05) is 5.16 Å². The van der Waals surface area contributed by atoms with E-state index in [0.717, 1.165) is 16.3 Å². The first-order valence-electron chi connectivity index (χ1n) is 7.32. The molecule has 0 aromatic carbocycles. The highest BCUT2D eigenvalue weighted by molar-refractivity contribution is 5.92. The molecule has 25 heavy (non-hydrogen) atoms. The zero-order valence-electron chi connectivity index (χ0n) is 13.3. The van der Waals surface area contributed by atoms with Crippen LogP contribution in [0, 0.1) is 0 Å². The molecule has 0 saturated heterocycles. The summed E-state index contributed by atoms with van der Waals surface area (Å²) in [7, 11) is 1.42. The largest absolute Gasteiger partial charge is 0.339 e. The number of carbonyl (C=O) groups is 1. The van der Waals surface area contributed by atoms with Crippen LogP contribution in [-0.2, 0) is 7.05 Å². The molecule has 0 saturated carbocycles. The molecule has 3 heterocycles. The van der Waals surface area contributed by atoms with Crippen LogP contribution in [0.3, 0.4) is 0 Å². The number of rotatable bonds is 5. The average Bonchev–Trinajstić information content (AvgIpc) is 3.22. The van der Waals surface area contributed by atoms with E-state index in [1.807, 2.05) is 0 Å².